The second-order valence-corrected chi connectivity index (χ2v) is 3.73. The van der Waals surface area contributed by atoms with Crippen molar-refractivity contribution in [2.75, 3.05) is 26.7 Å². The highest BCUT2D eigenvalue weighted by atomic mass is 16.2. The van der Waals surface area contributed by atoms with Crippen LogP contribution in [0.3, 0.4) is 0 Å². The maximum Gasteiger partial charge on any atom is 0.317 e. The summed E-state index contributed by atoms with van der Waals surface area (Å²) in [5.74, 6) is 0. The van der Waals surface area contributed by atoms with Crippen LogP contribution < -0.4 is 10.6 Å². The molecular weight excluding hydrogens is 178 g/mol. The van der Waals surface area contributed by atoms with Crippen molar-refractivity contribution in [2.24, 2.45) is 0 Å². The van der Waals surface area contributed by atoms with E-state index in [1.807, 2.05) is 4.90 Å². The van der Waals surface area contributed by atoms with Crippen LogP contribution >= 0.6 is 0 Å². The second kappa shape index (κ2) is 5.86. The molecule has 1 rings (SSSR count). The summed E-state index contributed by atoms with van der Waals surface area (Å²) in [7, 11) is 1.70. The molecule has 1 aliphatic heterocycles. The molecule has 4 heteroatoms. The molecule has 14 heavy (non-hydrogen) atoms. The van der Waals surface area contributed by atoms with Gasteiger partial charge in [-0.05, 0) is 32.4 Å². The molecule has 0 bridgehead atoms. The highest BCUT2D eigenvalue weighted by molar-refractivity contribution is 5.74. The molecule has 82 valence electrons. The van der Waals surface area contributed by atoms with Gasteiger partial charge in [0.25, 0.3) is 0 Å². The summed E-state index contributed by atoms with van der Waals surface area (Å²) in [6.45, 7) is 5.03. The number of nitrogens with one attached hydrogen (secondary N) is 2. The molecule has 1 heterocycles. The smallest absolute Gasteiger partial charge is 0.317 e. The van der Waals surface area contributed by atoms with Crippen molar-refractivity contribution >= 4 is 6.03 Å². The third-order valence-corrected chi connectivity index (χ3v) is 2.69. The lowest BCUT2D eigenvalue weighted by Gasteiger charge is -2.34. The molecule has 0 spiro atoms. The van der Waals surface area contributed by atoms with Gasteiger partial charge in [0.1, 0.15) is 0 Å². The van der Waals surface area contributed by atoms with Crippen LogP contribution in [0.5, 0.6) is 0 Å². The zero-order chi connectivity index (χ0) is 10.4. The summed E-state index contributed by atoms with van der Waals surface area (Å²) in [5.41, 5.74) is 0. The van der Waals surface area contributed by atoms with Gasteiger partial charge in [-0.15, -0.1) is 0 Å². The fraction of sp³-hybridized carbons (Fsp3) is 0.900. The molecule has 0 atom stereocenters. The number of carbonyl (C=O) groups is 1. The van der Waals surface area contributed by atoms with E-state index in [4.69, 9.17) is 0 Å². The lowest BCUT2D eigenvalue weighted by Crippen LogP contribution is -2.49. The Morgan fingerprint density at radius 3 is 2.64 bits per heavy atom. The summed E-state index contributed by atoms with van der Waals surface area (Å²) in [5, 5.41) is 6.02. The Balaban J connectivity index is 2.50. The van der Waals surface area contributed by atoms with Crippen molar-refractivity contribution in [1.29, 1.82) is 0 Å². The lowest BCUT2D eigenvalue weighted by molar-refractivity contribution is 0.161. The van der Waals surface area contributed by atoms with Crippen molar-refractivity contribution in [3.63, 3.8) is 0 Å². The highest BCUT2D eigenvalue weighted by Gasteiger charge is 2.23. The summed E-state index contributed by atoms with van der Waals surface area (Å²) >= 11 is 0. The first kappa shape index (κ1) is 11.3. The first-order chi connectivity index (χ1) is 6.79. The van der Waals surface area contributed by atoms with Crippen molar-refractivity contribution < 1.29 is 4.79 Å². The molecule has 2 amide bonds. The number of hydrogen-bond acceptors (Lipinski definition) is 2. The molecule has 0 saturated carbocycles. The number of urea groups is 1. The van der Waals surface area contributed by atoms with Crippen molar-refractivity contribution in [2.45, 2.75) is 32.2 Å². The number of carbonyl (C=O) groups excluding carboxylic acids is 1. The molecule has 0 unspecified atom stereocenters. The lowest BCUT2D eigenvalue weighted by atomic mass is 10.1. The average Bonchev–Trinajstić information content (AvgIpc) is 2.26. The zero-order valence-electron chi connectivity index (χ0n) is 9.18. The van der Waals surface area contributed by atoms with Gasteiger partial charge in [-0.1, -0.05) is 6.92 Å². The summed E-state index contributed by atoms with van der Waals surface area (Å²) in [6, 6.07) is 0.495. The van der Waals surface area contributed by atoms with Crippen LogP contribution in [0.4, 0.5) is 4.79 Å². The summed E-state index contributed by atoms with van der Waals surface area (Å²) in [6.07, 6.45) is 3.18. The maximum atomic E-state index is 11.6. The minimum absolute atomic E-state index is 0.0683. The molecule has 4 nitrogen and oxygen atoms in total. The second-order valence-electron chi connectivity index (χ2n) is 3.73. The fourth-order valence-electron chi connectivity index (χ4n) is 1.95. The Bertz CT molecular complexity index is 178. The van der Waals surface area contributed by atoms with Gasteiger partial charge >= 0.3 is 6.03 Å². The Morgan fingerprint density at radius 2 is 2.14 bits per heavy atom. The first-order valence-electron chi connectivity index (χ1n) is 5.48. The average molecular weight is 199 g/mol. The molecule has 0 radical (unpaired) electrons. The third-order valence-electron chi connectivity index (χ3n) is 2.69. The Labute approximate surface area is 86.0 Å². The van der Waals surface area contributed by atoms with Crippen LogP contribution in [0, 0.1) is 0 Å². The Hall–Kier alpha value is -0.770. The monoisotopic (exact) mass is 199 g/mol. The van der Waals surface area contributed by atoms with E-state index in [0.29, 0.717) is 6.04 Å². The molecule has 1 aliphatic rings. The normalized spacial score (nSPS) is 17.9. The van der Waals surface area contributed by atoms with Crippen LogP contribution in [-0.4, -0.2) is 43.7 Å². The number of amides is 2. The van der Waals surface area contributed by atoms with Gasteiger partial charge in [-0.2, -0.15) is 0 Å². The van der Waals surface area contributed by atoms with Gasteiger partial charge in [-0.3, -0.25) is 0 Å². The van der Waals surface area contributed by atoms with E-state index < -0.39 is 0 Å². The van der Waals surface area contributed by atoms with Crippen LogP contribution in [0.25, 0.3) is 0 Å². The third kappa shape index (κ3) is 2.87. The van der Waals surface area contributed by atoms with Crippen LogP contribution in [0.1, 0.15) is 26.2 Å². The molecule has 1 saturated heterocycles. The zero-order valence-corrected chi connectivity index (χ0v) is 9.18. The molecule has 0 aromatic rings. The van der Waals surface area contributed by atoms with E-state index in [2.05, 4.69) is 17.6 Å². The molecule has 0 aromatic carbocycles. The van der Waals surface area contributed by atoms with Crippen molar-refractivity contribution in [3.05, 3.63) is 0 Å². The van der Waals surface area contributed by atoms with Crippen molar-refractivity contribution in [1.82, 2.24) is 15.5 Å². The number of hydrogen-bond donors (Lipinski definition) is 2. The van der Waals surface area contributed by atoms with E-state index in [1.165, 1.54) is 0 Å². The van der Waals surface area contributed by atoms with Crippen LogP contribution in [0.15, 0.2) is 0 Å². The van der Waals surface area contributed by atoms with E-state index >= 15 is 0 Å². The minimum Gasteiger partial charge on any atom is -0.341 e. The van der Waals surface area contributed by atoms with Gasteiger partial charge in [0, 0.05) is 19.6 Å². The van der Waals surface area contributed by atoms with Crippen LogP contribution in [-0.2, 0) is 0 Å². The van der Waals surface area contributed by atoms with Crippen molar-refractivity contribution in [3.8, 4) is 0 Å². The summed E-state index contributed by atoms with van der Waals surface area (Å²) < 4.78 is 0. The van der Waals surface area contributed by atoms with E-state index in [9.17, 15) is 4.79 Å². The highest BCUT2D eigenvalue weighted by Crippen LogP contribution is 2.12. The van der Waals surface area contributed by atoms with Gasteiger partial charge < -0.3 is 15.5 Å². The van der Waals surface area contributed by atoms with E-state index in [-0.39, 0.29) is 6.03 Å². The Kier molecular flexibility index (Phi) is 4.73. The van der Waals surface area contributed by atoms with Gasteiger partial charge in [0.15, 0.2) is 0 Å². The predicted molar refractivity (Wildman–Crippen MR) is 57.3 cm³/mol. The fourth-order valence-corrected chi connectivity index (χ4v) is 1.95. The molecule has 0 aromatic heterocycles. The van der Waals surface area contributed by atoms with E-state index in [1.54, 1.807) is 7.05 Å². The molecular formula is C10H21N3O. The van der Waals surface area contributed by atoms with Gasteiger partial charge in [0.05, 0.1) is 0 Å². The van der Waals surface area contributed by atoms with Gasteiger partial charge in [-0.25, -0.2) is 4.79 Å². The molecule has 1 fully saturated rings. The van der Waals surface area contributed by atoms with E-state index in [0.717, 1.165) is 38.9 Å². The predicted octanol–water partition coefficient (Wildman–Crippen LogP) is 0.790. The first-order valence-corrected chi connectivity index (χ1v) is 5.48. The molecule has 2 N–H and O–H groups in total. The minimum atomic E-state index is 0.0683. The topological polar surface area (TPSA) is 44.4 Å². The number of rotatable bonds is 3. The molecule has 0 aliphatic carbocycles. The summed E-state index contributed by atoms with van der Waals surface area (Å²) in [4.78, 5) is 13.6. The maximum absolute atomic E-state index is 11.6. The quantitative estimate of drug-likeness (QED) is 0.706. The SMILES string of the molecule is CCCN(C(=O)NC)C1CCNCC1. The number of piperidine rings is 1. The van der Waals surface area contributed by atoms with Crippen LogP contribution in [0.2, 0.25) is 0 Å². The Morgan fingerprint density at radius 1 is 1.50 bits per heavy atom. The standard InChI is InChI=1S/C10H21N3O/c1-3-8-13(10(14)11-2)9-4-6-12-7-5-9/h9,12H,3-8H2,1-2H3,(H,11,14). The van der Waals surface area contributed by atoms with Gasteiger partial charge in [0.2, 0.25) is 0 Å². The number of nitrogens with zero attached hydrogens (tertiary/aromatic N) is 1. The largest absolute Gasteiger partial charge is 0.341 e.